The van der Waals surface area contributed by atoms with E-state index in [2.05, 4.69) is 102 Å². The zero-order chi connectivity index (χ0) is 57.8. The Morgan fingerprint density at radius 3 is 1.21 bits per heavy atom. The molecule has 0 radical (unpaired) electrons. The van der Waals surface area contributed by atoms with E-state index in [1.807, 2.05) is 0 Å². The van der Waals surface area contributed by atoms with Gasteiger partial charge in [-0.05, 0) is 144 Å². The molecule has 0 heterocycles. The topological polar surface area (TPSA) is 243 Å². The molecular formula is C54H104N4O16Si3. The molecule has 4 N–H and O–H groups in total. The third-order valence-corrected chi connectivity index (χ3v) is 25.1. The number of hydrogen-bond acceptors (Lipinski definition) is 16. The first kappa shape index (κ1) is 69.6. The van der Waals surface area contributed by atoms with Gasteiger partial charge in [-0.15, -0.1) is 0 Å². The molecule has 4 unspecified atom stereocenters. The lowest BCUT2D eigenvalue weighted by atomic mass is 9.62. The molecule has 20 nitrogen and oxygen atoms in total. The van der Waals surface area contributed by atoms with E-state index in [4.69, 9.17) is 46.1 Å². The first-order valence-corrected chi connectivity index (χ1v) is 37.5. The van der Waals surface area contributed by atoms with Crippen LogP contribution >= 0.6 is 0 Å². The Bertz CT molecular complexity index is 1810. The van der Waals surface area contributed by atoms with E-state index < -0.39 is 49.6 Å². The van der Waals surface area contributed by atoms with Crippen molar-refractivity contribution in [2.45, 2.75) is 209 Å². The second kappa shape index (κ2) is 33.9. The molecule has 2 aliphatic rings. The van der Waals surface area contributed by atoms with Crippen molar-refractivity contribution in [2.24, 2.45) is 21.7 Å². The van der Waals surface area contributed by atoms with Crippen molar-refractivity contribution in [1.29, 1.82) is 0 Å². The van der Waals surface area contributed by atoms with E-state index in [1.54, 1.807) is 13.8 Å². The van der Waals surface area contributed by atoms with Crippen molar-refractivity contribution in [2.75, 3.05) is 79.2 Å². The van der Waals surface area contributed by atoms with Crippen molar-refractivity contribution in [3.63, 3.8) is 0 Å². The van der Waals surface area contributed by atoms with Crippen LogP contribution in [0, 0.1) is 21.7 Å². The highest BCUT2D eigenvalue weighted by Gasteiger charge is 2.44. The predicted molar refractivity (Wildman–Crippen MR) is 303 cm³/mol. The zero-order valence-electron chi connectivity index (χ0n) is 50.0. The van der Waals surface area contributed by atoms with Gasteiger partial charge in [0, 0.05) is 57.8 Å². The number of nitrogens with one attached hydrogen (secondary N) is 4. The van der Waals surface area contributed by atoms with Crippen molar-refractivity contribution >= 4 is 61.5 Å². The maximum atomic E-state index is 12.6. The molecule has 2 fully saturated rings. The molecule has 0 aliphatic heterocycles. The van der Waals surface area contributed by atoms with E-state index in [1.165, 1.54) is 0 Å². The van der Waals surface area contributed by atoms with Crippen LogP contribution in [0.15, 0.2) is 0 Å². The quantitative estimate of drug-likeness (QED) is 0.0197. The normalized spacial score (nSPS) is 21.2. The summed E-state index contributed by atoms with van der Waals surface area (Å²) < 4.78 is 56.7. The molecule has 23 heteroatoms. The molecule has 2 rings (SSSR count). The highest BCUT2D eigenvalue weighted by molar-refractivity contribution is 6.87. The van der Waals surface area contributed by atoms with Crippen molar-refractivity contribution in [3.8, 4) is 0 Å². The summed E-state index contributed by atoms with van der Waals surface area (Å²) in [7, 11) is -6.42. The minimum absolute atomic E-state index is 0.00639. The standard InChI is InChI=1S/C54H104N4O16Si3/c1-15-45(59)67-29-31-71-49(63)57-43-35-51(3,4)39-53(7,37-43)41-55-47(61)69-26-20-18-17-19-23-65-24-21-33-75(9,10)73-77(13,14)74-76(11,12)34-22-25-66-27-28-70-48(62)56-42-54(8)38-44(36-52(5,6)40-54)58-50(64)72-32-30-68-46(60)16-2/h43-44H,15-42H2,1-14H3,(H,55,61)(H,56,62)(H,57,63)(H,58,64). The van der Waals surface area contributed by atoms with E-state index >= 15 is 0 Å². The lowest BCUT2D eigenvalue weighted by Gasteiger charge is -2.46. The molecule has 2 aliphatic carbocycles. The lowest BCUT2D eigenvalue weighted by molar-refractivity contribution is -0.145. The largest absolute Gasteiger partial charge is 0.462 e. The Morgan fingerprint density at radius 1 is 0.429 bits per heavy atom. The van der Waals surface area contributed by atoms with Crippen molar-refractivity contribution in [1.82, 2.24) is 21.3 Å². The third-order valence-electron chi connectivity index (χ3n) is 13.6. The fourth-order valence-electron chi connectivity index (χ4n) is 11.5. The summed E-state index contributed by atoms with van der Waals surface area (Å²) in [6, 6.07) is 1.66. The smallest absolute Gasteiger partial charge is 0.407 e. The molecular weight excluding hydrogens is 1040 g/mol. The highest BCUT2D eigenvalue weighted by atomic mass is 28.5. The van der Waals surface area contributed by atoms with Crippen LogP contribution in [-0.2, 0) is 55.7 Å². The van der Waals surface area contributed by atoms with Crippen molar-refractivity contribution < 1.29 is 74.9 Å². The average Bonchev–Trinajstić information content (AvgIpc) is 3.29. The molecule has 0 aromatic rings. The van der Waals surface area contributed by atoms with E-state index in [9.17, 15) is 28.8 Å². The number of esters is 2. The number of amides is 4. The van der Waals surface area contributed by atoms with Gasteiger partial charge in [-0.25, -0.2) is 19.2 Å². The second-order valence-corrected chi connectivity index (χ2v) is 37.6. The number of unbranched alkanes of at least 4 members (excludes halogenated alkanes) is 3. The van der Waals surface area contributed by atoms with Gasteiger partial charge in [-0.3, -0.25) is 9.59 Å². The molecule has 0 spiro atoms. The number of ether oxygens (including phenoxy) is 8. The Balaban J connectivity index is 1.53. The summed E-state index contributed by atoms with van der Waals surface area (Å²) in [6.45, 7) is 33.1. The minimum atomic E-state index is -2.39. The highest BCUT2D eigenvalue weighted by Crippen LogP contribution is 2.47. The van der Waals surface area contributed by atoms with Crippen LogP contribution in [-0.4, -0.2) is 153 Å². The Morgan fingerprint density at radius 2 is 0.779 bits per heavy atom. The maximum absolute atomic E-state index is 12.6. The van der Waals surface area contributed by atoms with Gasteiger partial charge in [-0.1, -0.05) is 61.8 Å². The van der Waals surface area contributed by atoms with Crippen LogP contribution < -0.4 is 21.3 Å². The first-order valence-electron chi connectivity index (χ1n) is 28.4. The van der Waals surface area contributed by atoms with Crippen LogP contribution in [0.4, 0.5) is 19.2 Å². The van der Waals surface area contributed by atoms with Crippen molar-refractivity contribution in [3.05, 3.63) is 0 Å². The molecule has 0 bridgehead atoms. The molecule has 0 aromatic heterocycles. The average molecular weight is 1150 g/mol. The van der Waals surface area contributed by atoms with Crippen LogP contribution in [0.1, 0.15) is 145 Å². The number of carbonyl (C=O) groups excluding carboxylic acids is 6. The Kier molecular flexibility index (Phi) is 30.7. The van der Waals surface area contributed by atoms with Crippen LogP contribution in [0.25, 0.3) is 0 Å². The molecule has 0 aromatic carbocycles. The fourth-order valence-corrected chi connectivity index (χ4v) is 25.5. The number of hydrogen-bond donors (Lipinski definition) is 4. The van der Waals surface area contributed by atoms with Gasteiger partial charge in [0.05, 0.1) is 13.2 Å². The van der Waals surface area contributed by atoms with Gasteiger partial charge in [0.25, 0.3) is 0 Å². The lowest BCUT2D eigenvalue weighted by Crippen LogP contribution is -2.52. The van der Waals surface area contributed by atoms with Crippen LogP contribution in [0.3, 0.4) is 0 Å². The number of rotatable bonds is 36. The molecule has 4 amide bonds. The van der Waals surface area contributed by atoms with Gasteiger partial charge < -0.3 is 67.4 Å². The second-order valence-electron chi connectivity index (χ2n) is 25.2. The molecule has 4 atom stereocenters. The summed E-state index contributed by atoms with van der Waals surface area (Å²) in [6.07, 6.45) is 8.60. The first-order chi connectivity index (χ1) is 35.9. The maximum Gasteiger partial charge on any atom is 0.407 e. The van der Waals surface area contributed by atoms with Gasteiger partial charge in [0.15, 0.2) is 16.6 Å². The summed E-state index contributed by atoms with van der Waals surface area (Å²) in [5, 5.41) is 11.8. The monoisotopic (exact) mass is 1150 g/mol. The molecule has 77 heavy (non-hydrogen) atoms. The van der Waals surface area contributed by atoms with Gasteiger partial charge >= 0.3 is 44.9 Å². The molecule has 2 saturated carbocycles. The summed E-state index contributed by atoms with van der Waals surface area (Å²) in [5.74, 6) is -0.679. The van der Waals surface area contributed by atoms with Gasteiger partial charge in [0.2, 0.25) is 0 Å². The van der Waals surface area contributed by atoms with E-state index in [0.29, 0.717) is 59.0 Å². The van der Waals surface area contributed by atoms with Gasteiger partial charge in [0.1, 0.15) is 33.0 Å². The van der Waals surface area contributed by atoms with E-state index in [0.717, 1.165) is 76.3 Å². The Labute approximate surface area is 465 Å². The van der Waals surface area contributed by atoms with Gasteiger partial charge in [-0.2, -0.15) is 0 Å². The number of alkyl carbamates (subject to hydrolysis) is 4. The summed E-state index contributed by atoms with van der Waals surface area (Å²) >= 11 is 0. The van der Waals surface area contributed by atoms with Crippen LogP contribution in [0.2, 0.25) is 51.4 Å². The minimum Gasteiger partial charge on any atom is -0.462 e. The fraction of sp³-hybridized carbons (Fsp3) is 0.889. The summed E-state index contributed by atoms with van der Waals surface area (Å²) in [4.78, 5) is 72.7. The predicted octanol–water partition coefficient (Wildman–Crippen LogP) is 10.5. The third kappa shape index (κ3) is 33.0. The molecule has 0 saturated heterocycles. The molecule has 448 valence electrons. The summed E-state index contributed by atoms with van der Waals surface area (Å²) in [5.41, 5.74) is -0.635. The Hall–Kier alpha value is -3.49. The zero-order valence-corrected chi connectivity index (χ0v) is 53.0. The number of carbonyl (C=O) groups is 6. The SMILES string of the molecule is CCC(=O)OCCOC(=O)NC1CC(C)(C)CC(C)(CNC(=O)OCCCCCCOCCC[Si](C)(C)O[Si](C)(C)O[Si](C)(C)CCCOCCOC(=O)NCC2(C)CC(NC(=O)OCCOC(=O)CC)CC(C)(C)C2)C1. The van der Waals surface area contributed by atoms with Crippen LogP contribution in [0.5, 0.6) is 0 Å². The van der Waals surface area contributed by atoms with E-state index in [-0.39, 0.29) is 91.6 Å².